The molecule has 0 spiro atoms. The highest BCUT2D eigenvalue weighted by Crippen LogP contribution is 2.27. The molecule has 0 radical (unpaired) electrons. The summed E-state index contributed by atoms with van der Waals surface area (Å²) in [5, 5.41) is 5.32. The van der Waals surface area contributed by atoms with E-state index in [1.54, 1.807) is 0 Å². The smallest absolute Gasteiger partial charge is 0.261 e. The highest BCUT2D eigenvalue weighted by Gasteiger charge is 2.22. The van der Waals surface area contributed by atoms with Crippen molar-refractivity contribution < 1.29 is 9.53 Å². The van der Waals surface area contributed by atoms with E-state index in [1.165, 1.54) is 11.1 Å². The summed E-state index contributed by atoms with van der Waals surface area (Å²) < 4.78 is 6.15. The minimum atomic E-state index is -0.522. The first kappa shape index (κ1) is 19.9. The maximum Gasteiger partial charge on any atom is 0.261 e. The molecule has 0 aliphatic carbocycles. The Hall–Kier alpha value is -2.81. The molecule has 0 fully saturated rings. The number of rotatable bonds is 7. The van der Waals surface area contributed by atoms with Gasteiger partial charge in [-0.25, -0.2) is 0 Å². The molecule has 146 valence electrons. The average molecular weight is 376 g/mol. The average Bonchev–Trinajstić information content (AvgIpc) is 2.72. The zero-order chi connectivity index (χ0) is 20.1. The summed E-state index contributed by atoms with van der Waals surface area (Å²) in [6.45, 7) is 8.27. The molecule has 0 aliphatic heterocycles. The van der Waals surface area contributed by atoms with Gasteiger partial charge in [0.2, 0.25) is 0 Å². The number of benzene rings is 3. The van der Waals surface area contributed by atoms with Crippen LogP contribution in [0.4, 0.5) is 0 Å². The van der Waals surface area contributed by atoms with E-state index in [-0.39, 0.29) is 11.9 Å². The predicted molar refractivity (Wildman–Crippen MR) is 116 cm³/mol. The zero-order valence-electron chi connectivity index (χ0n) is 17.2. The lowest BCUT2D eigenvalue weighted by Crippen LogP contribution is -2.40. The monoisotopic (exact) mass is 375 g/mol. The molecule has 0 bridgehead atoms. The molecule has 0 saturated carbocycles. The summed E-state index contributed by atoms with van der Waals surface area (Å²) in [6.07, 6.45) is 0.920. The number of amides is 1. The lowest BCUT2D eigenvalue weighted by Gasteiger charge is -2.23. The fraction of sp³-hybridized carbons (Fsp3) is 0.320. The van der Waals surface area contributed by atoms with Crippen molar-refractivity contribution in [2.45, 2.75) is 52.7 Å². The summed E-state index contributed by atoms with van der Waals surface area (Å²) in [5.74, 6) is 0.680. The molecular weight excluding hydrogens is 346 g/mol. The van der Waals surface area contributed by atoms with Gasteiger partial charge < -0.3 is 10.1 Å². The molecule has 2 atom stereocenters. The van der Waals surface area contributed by atoms with E-state index >= 15 is 0 Å². The van der Waals surface area contributed by atoms with Gasteiger partial charge in [-0.3, -0.25) is 4.79 Å². The third kappa shape index (κ3) is 4.36. The van der Waals surface area contributed by atoms with Crippen LogP contribution in [0.5, 0.6) is 5.75 Å². The van der Waals surface area contributed by atoms with Crippen molar-refractivity contribution in [1.82, 2.24) is 5.32 Å². The SMILES string of the molecule is CC[C@H](Oc1cccc2ccccc12)C(=O)N[C@@H](CC)c1ccc(C)c(C)c1. The molecular formula is C25H29NO2. The van der Waals surface area contributed by atoms with Crippen molar-refractivity contribution in [1.29, 1.82) is 0 Å². The highest BCUT2D eigenvalue weighted by atomic mass is 16.5. The summed E-state index contributed by atoms with van der Waals surface area (Å²) in [6, 6.07) is 20.4. The molecule has 0 saturated heterocycles. The van der Waals surface area contributed by atoms with E-state index in [1.807, 2.05) is 37.3 Å². The van der Waals surface area contributed by atoms with Crippen LogP contribution < -0.4 is 10.1 Å². The van der Waals surface area contributed by atoms with Gasteiger partial charge in [0.1, 0.15) is 5.75 Å². The van der Waals surface area contributed by atoms with Crippen LogP contribution in [0.1, 0.15) is 49.4 Å². The van der Waals surface area contributed by atoms with Gasteiger partial charge in [-0.1, -0.05) is 68.4 Å². The minimum absolute atomic E-state index is 0.0167. The van der Waals surface area contributed by atoms with Crippen LogP contribution in [0.25, 0.3) is 10.8 Å². The Morgan fingerprint density at radius 3 is 2.39 bits per heavy atom. The highest BCUT2D eigenvalue weighted by molar-refractivity contribution is 5.89. The number of nitrogens with one attached hydrogen (secondary N) is 1. The molecule has 1 N–H and O–H groups in total. The summed E-state index contributed by atoms with van der Waals surface area (Å²) in [7, 11) is 0. The first-order valence-corrected chi connectivity index (χ1v) is 10.1. The lowest BCUT2D eigenvalue weighted by atomic mass is 9.99. The molecule has 1 amide bonds. The largest absolute Gasteiger partial charge is 0.480 e. The van der Waals surface area contributed by atoms with Crippen LogP contribution in [-0.2, 0) is 4.79 Å². The van der Waals surface area contributed by atoms with Gasteiger partial charge in [0.05, 0.1) is 6.04 Å². The van der Waals surface area contributed by atoms with E-state index in [2.05, 4.69) is 56.4 Å². The second kappa shape index (κ2) is 8.92. The second-order valence-corrected chi connectivity index (χ2v) is 7.31. The number of hydrogen-bond acceptors (Lipinski definition) is 2. The van der Waals surface area contributed by atoms with Gasteiger partial charge in [-0.15, -0.1) is 0 Å². The number of aryl methyl sites for hydroxylation is 2. The molecule has 3 rings (SSSR count). The lowest BCUT2D eigenvalue weighted by molar-refractivity contribution is -0.128. The van der Waals surface area contributed by atoms with Crippen molar-refractivity contribution in [2.75, 3.05) is 0 Å². The number of ether oxygens (including phenoxy) is 1. The van der Waals surface area contributed by atoms with Crippen molar-refractivity contribution in [3.05, 3.63) is 77.4 Å². The van der Waals surface area contributed by atoms with Crippen molar-refractivity contribution >= 4 is 16.7 Å². The minimum Gasteiger partial charge on any atom is -0.480 e. The number of carbonyl (C=O) groups excluding carboxylic acids is 1. The van der Waals surface area contributed by atoms with Crippen molar-refractivity contribution in [3.8, 4) is 5.75 Å². The van der Waals surface area contributed by atoms with Gasteiger partial charge in [0, 0.05) is 5.39 Å². The van der Waals surface area contributed by atoms with E-state index in [9.17, 15) is 4.79 Å². The van der Waals surface area contributed by atoms with Crippen LogP contribution in [-0.4, -0.2) is 12.0 Å². The Bertz CT molecular complexity index is 958. The predicted octanol–water partition coefficient (Wildman–Crippen LogP) is 5.88. The Morgan fingerprint density at radius 2 is 1.68 bits per heavy atom. The first-order chi connectivity index (χ1) is 13.5. The molecule has 3 heteroatoms. The van der Waals surface area contributed by atoms with Crippen LogP contribution in [0.3, 0.4) is 0 Å². The zero-order valence-corrected chi connectivity index (χ0v) is 17.2. The van der Waals surface area contributed by atoms with Crippen LogP contribution in [0.2, 0.25) is 0 Å². The second-order valence-electron chi connectivity index (χ2n) is 7.31. The molecule has 0 heterocycles. The van der Waals surface area contributed by atoms with Gasteiger partial charge in [0.15, 0.2) is 6.10 Å². The summed E-state index contributed by atoms with van der Waals surface area (Å²) in [5.41, 5.74) is 3.64. The fourth-order valence-electron chi connectivity index (χ4n) is 3.44. The van der Waals surface area contributed by atoms with Gasteiger partial charge in [-0.05, 0) is 54.8 Å². The number of fused-ring (bicyclic) bond motifs is 1. The van der Waals surface area contributed by atoms with Crippen LogP contribution >= 0.6 is 0 Å². The van der Waals surface area contributed by atoms with E-state index in [4.69, 9.17) is 4.74 Å². The number of carbonyl (C=O) groups is 1. The maximum absolute atomic E-state index is 13.0. The molecule has 0 aromatic heterocycles. The standard InChI is InChI=1S/C25H29NO2/c1-5-22(20-15-14-17(3)18(4)16-20)26-25(27)23(6-2)28-24-13-9-11-19-10-7-8-12-21(19)24/h7-16,22-23H,5-6H2,1-4H3,(H,26,27)/t22-,23-/m0/s1. The fourth-order valence-corrected chi connectivity index (χ4v) is 3.44. The first-order valence-electron chi connectivity index (χ1n) is 10.1. The quantitative estimate of drug-likeness (QED) is 0.560. The molecule has 3 aromatic rings. The molecule has 3 nitrogen and oxygen atoms in total. The molecule has 28 heavy (non-hydrogen) atoms. The Balaban J connectivity index is 1.77. The van der Waals surface area contributed by atoms with E-state index in [0.29, 0.717) is 6.42 Å². The third-order valence-electron chi connectivity index (χ3n) is 5.34. The Kier molecular flexibility index (Phi) is 6.35. The number of hydrogen-bond donors (Lipinski definition) is 1. The van der Waals surface area contributed by atoms with Crippen molar-refractivity contribution in [2.24, 2.45) is 0 Å². The third-order valence-corrected chi connectivity index (χ3v) is 5.34. The molecule has 0 unspecified atom stereocenters. The Labute approximate surface area is 167 Å². The Morgan fingerprint density at radius 1 is 0.929 bits per heavy atom. The summed E-state index contributed by atoms with van der Waals surface area (Å²) in [4.78, 5) is 13.0. The van der Waals surface area contributed by atoms with E-state index in [0.717, 1.165) is 28.5 Å². The van der Waals surface area contributed by atoms with Crippen LogP contribution in [0, 0.1) is 13.8 Å². The molecule has 0 aliphatic rings. The van der Waals surface area contributed by atoms with Crippen molar-refractivity contribution in [3.63, 3.8) is 0 Å². The normalized spacial score (nSPS) is 13.1. The van der Waals surface area contributed by atoms with Gasteiger partial charge in [-0.2, -0.15) is 0 Å². The summed E-state index contributed by atoms with van der Waals surface area (Å²) >= 11 is 0. The molecule has 3 aromatic carbocycles. The topological polar surface area (TPSA) is 38.3 Å². The maximum atomic E-state index is 13.0. The van der Waals surface area contributed by atoms with Gasteiger partial charge in [0.25, 0.3) is 5.91 Å². The van der Waals surface area contributed by atoms with Gasteiger partial charge >= 0.3 is 0 Å². The van der Waals surface area contributed by atoms with E-state index < -0.39 is 6.10 Å². The van der Waals surface area contributed by atoms with Crippen LogP contribution in [0.15, 0.2) is 60.7 Å².